The number of benzene rings is 2. The summed E-state index contributed by atoms with van der Waals surface area (Å²) in [4.78, 5) is 26.1. The minimum Gasteiger partial charge on any atom is -0.469 e. The van der Waals surface area contributed by atoms with Crippen LogP contribution in [0.1, 0.15) is 48.9 Å². The van der Waals surface area contributed by atoms with Gasteiger partial charge in [-0.1, -0.05) is 48.5 Å². The van der Waals surface area contributed by atoms with Gasteiger partial charge in [-0.15, -0.1) is 0 Å². The van der Waals surface area contributed by atoms with E-state index < -0.39 is 0 Å². The van der Waals surface area contributed by atoms with Crippen LogP contribution in [-0.4, -0.2) is 35.0 Å². The van der Waals surface area contributed by atoms with Crippen LogP contribution in [0.15, 0.2) is 54.6 Å². The SMILES string of the molecule is COC(=O)CCCCC(=O)N1CCc2c(n(CCCc3ccccc3)c3ccccc23)C1. The number of fused-ring (bicyclic) bond motifs is 3. The molecule has 0 radical (unpaired) electrons. The van der Waals surface area contributed by atoms with E-state index in [2.05, 4.69) is 63.9 Å². The largest absolute Gasteiger partial charge is 0.469 e. The van der Waals surface area contributed by atoms with Gasteiger partial charge in [0.15, 0.2) is 0 Å². The fraction of sp³-hybridized carbons (Fsp3) is 0.407. The maximum atomic E-state index is 12.8. The Morgan fingerprint density at radius 1 is 0.938 bits per heavy atom. The fourth-order valence-electron chi connectivity index (χ4n) is 4.75. The third-order valence-corrected chi connectivity index (χ3v) is 6.46. The Morgan fingerprint density at radius 2 is 1.69 bits per heavy atom. The Balaban J connectivity index is 1.44. The maximum Gasteiger partial charge on any atom is 0.305 e. The van der Waals surface area contributed by atoms with E-state index in [0.29, 0.717) is 25.8 Å². The van der Waals surface area contributed by atoms with Crippen LogP contribution < -0.4 is 0 Å². The van der Waals surface area contributed by atoms with Crippen molar-refractivity contribution in [3.8, 4) is 0 Å². The molecule has 1 aliphatic rings. The van der Waals surface area contributed by atoms with Crippen LogP contribution >= 0.6 is 0 Å². The number of rotatable bonds is 9. The van der Waals surface area contributed by atoms with E-state index in [-0.39, 0.29) is 11.9 Å². The van der Waals surface area contributed by atoms with Crippen LogP contribution in [0, 0.1) is 0 Å². The topological polar surface area (TPSA) is 51.5 Å². The molecule has 2 aromatic carbocycles. The second-order valence-corrected chi connectivity index (χ2v) is 8.53. The van der Waals surface area contributed by atoms with E-state index in [0.717, 1.165) is 38.8 Å². The third-order valence-electron chi connectivity index (χ3n) is 6.46. The summed E-state index contributed by atoms with van der Waals surface area (Å²) < 4.78 is 7.11. The van der Waals surface area contributed by atoms with E-state index in [1.807, 2.05) is 4.90 Å². The molecule has 0 saturated carbocycles. The second kappa shape index (κ2) is 10.5. The van der Waals surface area contributed by atoms with Gasteiger partial charge in [0.25, 0.3) is 0 Å². The summed E-state index contributed by atoms with van der Waals surface area (Å²) in [6, 6.07) is 19.2. The van der Waals surface area contributed by atoms with Crippen molar-refractivity contribution in [1.82, 2.24) is 9.47 Å². The number of nitrogens with zero attached hydrogens (tertiary/aromatic N) is 2. The Hall–Kier alpha value is -3.08. The summed E-state index contributed by atoms with van der Waals surface area (Å²) in [6.07, 6.45) is 5.29. The molecule has 1 aromatic heterocycles. The first-order chi connectivity index (χ1) is 15.7. The van der Waals surface area contributed by atoms with Crippen molar-refractivity contribution in [3.05, 3.63) is 71.4 Å². The zero-order valence-corrected chi connectivity index (χ0v) is 18.9. The lowest BCUT2D eigenvalue weighted by Crippen LogP contribution is -2.36. The number of aromatic nitrogens is 1. The van der Waals surface area contributed by atoms with Crippen molar-refractivity contribution >= 4 is 22.8 Å². The number of para-hydroxylation sites is 1. The lowest BCUT2D eigenvalue weighted by molar-refractivity contribution is -0.141. The van der Waals surface area contributed by atoms with Crippen LogP contribution in [0.3, 0.4) is 0 Å². The zero-order chi connectivity index (χ0) is 22.3. The molecule has 0 bridgehead atoms. The smallest absolute Gasteiger partial charge is 0.305 e. The monoisotopic (exact) mass is 432 g/mol. The highest BCUT2D eigenvalue weighted by atomic mass is 16.5. The number of amides is 1. The van der Waals surface area contributed by atoms with Crippen LogP contribution in [0.2, 0.25) is 0 Å². The van der Waals surface area contributed by atoms with Crippen LogP contribution in [0.5, 0.6) is 0 Å². The normalized spacial score (nSPS) is 13.2. The van der Waals surface area contributed by atoms with Gasteiger partial charge in [0.2, 0.25) is 5.91 Å². The van der Waals surface area contributed by atoms with E-state index in [1.54, 1.807) is 0 Å². The van der Waals surface area contributed by atoms with Gasteiger partial charge in [-0.05, 0) is 49.3 Å². The first-order valence-electron chi connectivity index (χ1n) is 11.6. The van der Waals surface area contributed by atoms with Gasteiger partial charge in [-0.3, -0.25) is 9.59 Å². The quantitative estimate of drug-likeness (QED) is 0.357. The fourth-order valence-corrected chi connectivity index (χ4v) is 4.75. The summed E-state index contributed by atoms with van der Waals surface area (Å²) in [5.41, 5.74) is 5.32. The minimum absolute atomic E-state index is 0.182. The van der Waals surface area contributed by atoms with Gasteiger partial charge in [0.05, 0.1) is 13.7 Å². The Labute approximate surface area is 190 Å². The molecular weight excluding hydrogens is 400 g/mol. The molecule has 0 spiro atoms. The predicted octanol–water partition coefficient (Wildman–Crippen LogP) is 4.89. The van der Waals surface area contributed by atoms with E-state index in [4.69, 9.17) is 0 Å². The van der Waals surface area contributed by atoms with Crippen molar-refractivity contribution in [1.29, 1.82) is 0 Å². The van der Waals surface area contributed by atoms with Gasteiger partial charge in [0, 0.05) is 42.5 Å². The molecule has 0 N–H and O–H groups in total. The predicted molar refractivity (Wildman–Crippen MR) is 126 cm³/mol. The van der Waals surface area contributed by atoms with E-state index in [1.165, 1.54) is 34.8 Å². The summed E-state index contributed by atoms with van der Waals surface area (Å²) in [7, 11) is 1.40. The van der Waals surface area contributed by atoms with E-state index in [9.17, 15) is 9.59 Å². The van der Waals surface area contributed by atoms with Crippen molar-refractivity contribution in [3.63, 3.8) is 0 Å². The van der Waals surface area contributed by atoms with Crippen LogP contribution in [0.25, 0.3) is 10.9 Å². The first-order valence-corrected chi connectivity index (χ1v) is 11.6. The van der Waals surface area contributed by atoms with Crippen molar-refractivity contribution in [2.45, 2.75) is 58.0 Å². The molecular formula is C27H32N2O3. The van der Waals surface area contributed by atoms with Crippen molar-refractivity contribution in [2.24, 2.45) is 0 Å². The Bertz CT molecular complexity index is 1070. The molecule has 168 valence electrons. The number of carbonyl (C=O) groups is 2. The molecule has 0 fully saturated rings. The summed E-state index contributed by atoms with van der Waals surface area (Å²) in [6.45, 7) is 2.39. The van der Waals surface area contributed by atoms with Gasteiger partial charge < -0.3 is 14.2 Å². The highest BCUT2D eigenvalue weighted by Gasteiger charge is 2.26. The number of esters is 1. The van der Waals surface area contributed by atoms with Gasteiger partial charge in [0.1, 0.15) is 0 Å². The molecule has 0 atom stereocenters. The lowest BCUT2D eigenvalue weighted by atomic mass is 10.0. The van der Waals surface area contributed by atoms with E-state index >= 15 is 0 Å². The standard InChI is InChI=1S/C27H32N2O3/c1-32-27(31)16-8-7-15-26(30)28-19-17-23-22-13-5-6-14-24(22)29(25(23)20-28)18-9-12-21-10-3-2-4-11-21/h2-6,10-11,13-14H,7-9,12,15-20H2,1H3. The molecule has 32 heavy (non-hydrogen) atoms. The molecule has 3 aromatic rings. The molecule has 5 nitrogen and oxygen atoms in total. The highest BCUT2D eigenvalue weighted by Crippen LogP contribution is 2.31. The average Bonchev–Trinajstić information content (AvgIpc) is 3.15. The second-order valence-electron chi connectivity index (χ2n) is 8.53. The molecule has 0 unspecified atom stereocenters. The number of methoxy groups -OCH3 is 1. The van der Waals surface area contributed by atoms with Gasteiger partial charge in [-0.25, -0.2) is 0 Å². The summed E-state index contributed by atoms with van der Waals surface area (Å²) >= 11 is 0. The maximum absolute atomic E-state index is 12.8. The molecule has 1 aliphatic heterocycles. The number of carbonyl (C=O) groups excluding carboxylic acids is 2. The summed E-state index contributed by atoms with van der Waals surface area (Å²) in [5.74, 6) is -0.0262. The number of aryl methyl sites for hydroxylation is 2. The van der Waals surface area contributed by atoms with Crippen molar-refractivity contribution in [2.75, 3.05) is 13.7 Å². The zero-order valence-electron chi connectivity index (χ0n) is 18.9. The van der Waals surface area contributed by atoms with Crippen molar-refractivity contribution < 1.29 is 14.3 Å². The minimum atomic E-state index is -0.208. The Kier molecular flexibility index (Phi) is 7.25. The highest BCUT2D eigenvalue weighted by molar-refractivity contribution is 5.86. The molecule has 2 heterocycles. The van der Waals surface area contributed by atoms with Gasteiger partial charge >= 0.3 is 5.97 Å². The third kappa shape index (κ3) is 5.04. The van der Waals surface area contributed by atoms with Crippen LogP contribution in [-0.2, 0) is 40.3 Å². The number of unbranched alkanes of at least 4 members (excludes halogenated alkanes) is 1. The summed E-state index contributed by atoms with van der Waals surface area (Å²) in [5, 5.41) is 1.33. The molecule has 1 amide bonds. The first kappa shape index (κ1) is 22.1. The molecule has 4 rings (SSSR count). The average molecular weight is 433 g/mol. The Morgan fingerprint density at radius 3 is 2.50 bits per heavy atom. The van der Waals surface area contributed by atoms with Gasteiger partial charge in [-0.2, -0.15) is 0 Å². The number of hydrogen-bond donors (Lipinski definition) is 0. The van der Waals surface area contributed by atoms with Crippen LogP contribution in [0.4, 0.5) is 0 Å². The molecule has 0 aliphatic carbocycles. The molecule has 5 heteroatoms. The number of hydrogen-bond acceptors (Lipinski definition) is 3. The molecule has 0 saturated heterocycles. The lowest BCUT2D eigenvalue weighted by Gasteiger charge is -2.29. The number of ether oxygens (including phenoxy) is 1.